The fraction of sp³-hybridized carbons (Fsp3) is 0.250. The van der Waals surface area contributed by atoms with Crippen LogP contribution in [0.2, 0.25) is 5.02 Å². The molecule has 0 bridgehead atoms. The summed E-state index contributed by atoms with van der Waals surface area (Å²) in [7, 11) is 1.60. The Kier molecular flexibility index (Phi) is 5.47. The fourth-order valence-corrected chi connectivity index (χ4v) is 4.64. The van der Waals surface area contributed by atoms with Gasteiger partial charge < -0.3 is 10.3 Å². The standard InChI is InChI=1S/C24H23ClN6O2/c1-14-9-15(10-20-21(14)31-22(24(33)29-20)18(25)12-28-31)13-30-7-5-16(6-8-30)17-3-4-19(27-11-17)23(32)26-2/h3-5,9-12H,6-8,13H2,1-2H3,(H,26,32)(H,29,33). The predicted octanol–water partition coefficient (Wildman–Crippen LogP) is 3.18. The molecule has 0 fully saturated rings. The molecule has 0 atom stereocenters. The molecular weight excluding hydrogens is 440 g/mol. The van der Waals surface area contributed by atoms with Crippen LogP contribution in [-0.2, 0) is 6.54 Å². The average Bonchev–Trinajstić information content (AvgIpc) is 3.21. The maximum atomic E-state index is 12.5. The molecule has 3 aromatic heterocycles. The molecule has 0 radical (unpaired) electrons. The van der Waals surface area contributed by atoms with Gasteiger partial charge >= 0.3 is 0 Å². The summed E-state index contributed by atoms with van der Waals surface area (Å²) in [6.07, 6.45) is 6.37. The van der Waals surface area contributed by atoms with Crippen molar-refractivity contribution >= 4 is 39.6 Å². The lowest BCUT2D eigenvalue weighted by Gasteiger charge is -2.26. The molecule has 0 unspecified atom stereocenters. The van der Waals surface area contributed by atoms with Crippen molar-refractivity contribution in [2.45, 2.75) is 19.9 Å². The van der Waals surface area contributed by atoms with E-state index < -0.39 is 0 Å². The number of H-pyrrole nitrogens is 1. The maximum Gasteiger partial charge on any atom is 0.276 e. The van der Waals surface area contributed by atoms with E-state index in [4.69, 9.17) is 11.6 Å². The zero-order valence-corrected chi connectivity index (χ0v) is 19.1. The summed E-state index contributed by atoms with van der Waals surface area (Å²) in [5, 5.41) is 7.22. The molecular formula is C24H23ClN6O2. The second-order valence-corrected chi connectivity index (χ2v) is 8.65. The largest absolute Gasteiger partial charge is 0.354 e. The zero-order chi connectivity index (χ0) is 23.1. The van der Waals surface area contributed by atoms with Crippen LogP contribution in [0.5, 0.6) is 0 Å². The number of hydrogen-bond donors (Lipinski definition) is 2. The number of benzene rings is 1. The Hall–Kier alpha value is -3.49. The molecule has 0 aliphatic carbocycles. The second-order valence-electron chi connectivity index (χ2n) is 8.24. The Bertz CT molecular complexity index is 1470. The molecule has 0 spiro atoms. The zero-order valence-electron chi connectivity index (χ0n) is 18.4. The monoisotopic (exact) mass is 462 g/mol. The van der Waals surface area contributed by atoms with Crippen molar-refractivity contribution in [1.29, 1.82) is 0 Å². The molecule has 1 aromatic carbocycles. The van der Waals surface area contributed by atoms with Gasteiger partial charge in [0.05, 0.1) is 22.3 Å². The van der Waals surface area contributed by atoms with E-state index in [0.717, 1.165) is 53.8 Å². The smallest absolute Gasteiger partial charge is 0.276 e. The molecule has 0 saturated heterocycles. The summed E-state index contributed by atoms with van der Waals surface area (Å²) < 4.78 is 1.62. The summed E-state index contributed by atoms with van der Waals surface area (Å²) in [4.78, 5) is 33.8. The number of halogens is 1. The number of rotatable bonds is 4. The number of nitrogens with zero attached hydrogens (tertiary/aromatic N) is 4. The van der Waals surface area contributed by atoms with Crippen LogP contribution < -0.4 is 10.9 Å². The van der Waals surface area contributed by atoms with Gasteiger partial charge in [0.2, 0.25) is 0 Å². The van der Waals surface area contributed by atoms with Gasteiger partial charge in [0, 0.05) is 32.9 Å². The van der Waals surface area contributed by atoms with Crippen molar-refractivity contribution in [3.8, 4) is 0 Å². The molecule has 168 valence electrons. The maximum absolute atomic E-state index is 12.5. The molecule has 4 heterocycles. The number of nitrogens with one attached hydrogen (secondary N) is 2. The van der Waals surface area contributed by atoms with Gasteiger partial charge in [0.25, 0.3) is 11.5 Å². The van der Waals surface area contributed by atoms with E-state index in [1.165, 1.54) is 11.8 Å². The van der Waals surface area contributed by atoms with Crippen LogP contribution in [0.3, 0.4) is 0 Å². The van der Waals surface area contributed by atoms with Crippen LogP contribution in [0.15, 0.2) is 47.5 Å². The molecule has 4 aromatic rings. The molecule has 1 amide bonds. The van der Waals surface area contributed by atoms with Gasteiger partial charge in [-0.15, -0.1) is 0 Å². The first kappa shape index (κ1) is 21.4. The van der Waals surface area contributed by atoms with E-state index in [-0.39, 0.29) is 11.5 Å². The van der Waals surface area contributed by atoms with Crippen LogP contribution >= 0.6 is 11.6 Å². The quantitative estimate of drug-likeness (QED) is 0.485. The Morgan fingerprint density at radius 2 is 2.09 bits per heavy atom. The highest BCUT2D eigenvalue weighted by atomic mass is 35.5. The summed E-state index contributed by atoms with van der Waals surface area (Å²) in [6.45, 7) is 4.51. The van der Waals surface area contributed by atoms with E-state index in [1.807, 2.05) is 19.1 Å². The van der Waals surface area contributed by atoms with Gasteiger partial charge in [-0.25, -0.2) is 4.52 Å². The minimum Gasteiger partial charge on any atom is -0.354 e. The normalized spacial score (nSPS) is 14.6. The van der Waals surface area contributed by atoms with Crippen molar-refractivity contribution in [3.63, 3.8) is 0 Å². The second kappa shape index (κ2) is 8.46. The highest BCUT2D eigenvalue weighted by Crippen LogP contribution is 2.25. The van der Waals surface area contributed by atoms with Crippen molar-refractivity contribution in [1.82, 2.24) is 29.8 Å². The third kappa shape index (κ3) is 3.92. The Morgan fingerprint density at radius 3 is 2.79 bits per heavy atom. The lowest BCUT2D eigenvalue weighted by Crippen LogP contribution is -2.28. The van der Waals surface area contributed by atoms with Crippen LogP contribution in [-0.4, -0.2) is 50.5 Å². The van der Waals surface area contributed by atoms with Gasteiger partial charge in [0.1, 0.15) is 5.69 Å². The van der Waals surface area contributed by atoms with Gasteiger partial charge in [0.15, 0.2) is 5.52 Å². The predicted molar refractivity (Wildman–Crippen MR) is 129 cm³/mol. The first-order valence-corrected chi connectivity index (χ1v) is 11.1. The topological polar surface area (TPSA) is 95.4 Å². The average molecular weight is 463 g/mol. The van der Waals surface area contributed by atoms with Crippen LogP contribution in [0, 0.1) is 6.92 Å². The van der Waals surface area contributed by atoms with Crippen LogP contribution in [0.25, 0.3) is 22.1 Å². The summed E-state index contributed by atoms with van der Waals surface area (Å²) >= 11 is 6.14. The number of aryl methyl sites for hydroxylation is 1. The van der Waals surface area contributed by atoms with Gasteiger partial charge in [-0.2, -0.15) is 5.10 Å². The van der Waals surface area contributed by atoms with E-state index in [2.05, 4.69) is 37.4 Å². The molecule has 5 rings (SSSR count). The molecule has 8 nitrogen and oxygen atoms in total. The van der Waals surface area contributed by atoms with Gasteiger partial charge in [-0.3, -0.25) is 19.5 Å². The van der Waals surface area contributed by atoms with Crippen LogP contribution in [0.4, 0.5) is 0 Å². The van der Waals surface area contributed by atoms with E-state index in [0.29, 0.717) is 16.2 Å². The van der Waals surface area contributed by atoms with Crippen molar-refractivity contribution < 1.29 is 4.79 Å². The number of aromatic amines is 1. The molecule has 1 aliphatic rings. The highest BCUT2D eigenvalue weighted by Gasteiger charge is 2.17. The number of pyridine rings is 1. The summed E-state index contributed by atoms with van der Waals surface area (Å²) in [5.41, 5.74) is 6.57. The van der Waals surface area contributed by atoms with Crippen LogP contribution in [0.1, 0.15) is 33.6 Å². The first-order chi connectivity index (χ1) is 15.9. The van der Waals surface area contributed by atoms with Crippen molar-refractivity contribution in [2.75, 3.05) is 20.1 Å². The SMILES string of the molecule is CNC(=O)c1ccc(C2=CCN(Cc3cc(C)c4c(c3)[nH]c(=O)c3c(Cl)cnn34)CC2)cn1. The number of carbonyl (C=O) groups excluding carboxylic acids is 1. The Balaban J connectivity index is 1.35. The minimum atomic E-state index is -0.247. The minimum absolute atomic E-state index is 0.186. The number of fused-ring (bicyclic) bond motifs is 3. The fourth-order valence-electron chi connectivity index (χ4n) is 4.43. The lowest BCUT2D eigenvalue weighted by atomic mass is 10.00. The number of amides is 1. The summed E-state index contributed by atoms with van der Waals surface area (Å²) in [5.74, 6) is -0.186. The molecule has 1 aliphatic heterocycles. The summed E-state index contributed by atoms with van der Waals surface area (Å²) in [6, 6.07) is 7.85. The number of carbonyl (C=O) groups is 1. The highest BCUT2D eigenvalue weighted by molar-refractivity contribution is 6.33. The first-order valence-electron chi connectivity index (χ1n) is 10.7. The number of aromatic nitrogens is 4. The van der Waals surface area contributed by atoms with E-state index in [9.17, 15) is 9.59 Å². The van der Waals surface area contributed by atoms with Gasteiger partial charge in [-0.1, -0.05) is 29.8 Å². The van der Waals surface area contributed by atoms with Crippen molar-refractivity contribution in [2.24, 2.45) is 0 Å². The Morgan fingerprint density at radius 1 is 1.24 bits per heavy atom. The van der Waals surface area contributed by atoms with E-state index >= 15 is 0 Å². The van der Waals surface area contributed by atoms with E-state index in [1.54, 1.807) is 23.8 Å². The number of hydrogen-bond acceptors (Lipinski definition) is 5. The Labute approximate surface area is 194 Å². The molecule has 33 heavy (non-hydrogen) atoms. The lowest BCUT2D eigenvalue weighted by molar-refractivity contribution is 0.0958. The molecule has 0 saturated carbocycles. The molecule has 9 heteroatoms. The van der Waals surface area contributed by atoms with Crippen molar-refractivity contribution in [3.05, 3.63) is 80.5 Å². The molecule has 2 N–H and O–H groups in total. The third-order valence-corrected chi connectivity index (χ3v) is 6.33. The third-order valence-electron chi connectivity index (χ3n) is 6.05. The van der Waals surface area contributed by atoms with Gasteiger partial charge in [-0.05, 0) is 47.7 Å².